The van der Waals surface area contributed by atoms with Crippen molar-refractivity contribution in [1.29, 1.82) is 0 Å². The Hall–Kier alpha value is -1.16. The van der Waals surface area contributed by atoms with Gasteiger partial charge < -0.3 is 10.5 Å². The minimum atomic E-state index is 0.199. The molecule has 0 fully saturated rings. The summed E-state index contributed by atoms with van der Waals surface area (Å²) in [4.78, 5) is 8.32. The van der Waals surface area contributed by atoms with Crippen molar-refractivity contribution in [3.05, 3.63) is 18.1 Å². The fraction of sp³-hybridized carbons (Fsp3) is 0.692. The van der Waals surface area contributed by atoms with Gasteiger partial charge in [-0.3, -0.25) is 4.98 Å². The van der Waals surface area contributed by atoms with Crippen molar-refractivity contribution >= 4 is 0 Å². The van der Waals surface area contributed by atoms with Crippen LogP contribution in [0.3, 0.4) is 0 Å². The second-order valence-corrected chi connectivity index (χ2v) is 4.33. The van der Waals surface area contributed by atoms with E-state index in [2.05, 4.69) is 23.8 Å². The molecule has 0 aliphatic carbocycles. The van der Waals surface area contributed by atoms with E-state index in [1.54, 1.807) is 12.4 Å². The molecule has 0 spiro atoms. The van der Waals surface area contributed by atoms with Crippen LogP contribution in [-0.2, 0) is 6.54 Å². The Morgan fingerprint density at radius 1 is 1.24 bits per heavy atom. The lowest BCUT2D eigenvalue weighted by Crippen LogP contribution is -2.13. The van der Waals surface area contributed by atoms with Crippen LogP contribution < -0.4 is 10.5 Å². The second-order valence-electron chi connectivity index (χ2n) is 4.33. The minimum absolute atomic E-state index is 0.199. The molecule has 1 aromatic rings. The SMILES string of the molecule is CCCCCCC(C)Oc1cnc(CN)cn1. The molecule has 0 radical (unpaired) electrons. The predicted molar refractivity (Wildman–Crippen MR) is 68.8 cm³/mol. The topological polar surface area (TPSA) is 61.0 Å². The lowest BCUT2D eigenvalue weighted by Gasteiger charge is -2.13. The first-order valence-corrected chi connectivity index (χ1v) is 6.44. The first kappa shape index (κ1) is 13.9. The number of unbranched alkanes of at least 4 members (excludes halogenated alkanes) is 3. The maximum absolute atomic E-state index is 5.68. The first-order valence-electron chi connectivity index (χ1n) is 6.44. The maximum atomic E-state index is 5.68. The summed E-state index contributed by atoms with van der Waals surface area (Å²) in [5, 5.41) is 0. The zero-order chi connectivity index (χ0) is 12.5. The van der Waals surface area contributed by atoms with Gasteiger partial charge in [0.1, 0.15) is 0 Å². The summed E-state index contributed by atoms with van der Waals surface area (Å²) < 4.78 is 5.68. The molecule has 0 saturated carbocycles. The summed E-state index contributed by atoms with van der Waals surface area (Å²) in [5.41, 5.74) is 6.24. The van der Waals surface area contributed by atoms with E-state index in [4.69, 9.17) is 10.5 Å². The van der Waals surface area contributed by atoms with Crippen LogP contribution in [0, 0.1) is 0 Å². The molecule has 0 amide bonds. The van der Waals surface area contributed by atoms with Gasteiger partial charge >= 0.3 is 0 Å². The summed E-state index contributed by atoms with van der Waals surface area (Å²) in [7, 11) is 0. The third-order valence-electron chi connectivity index (χ3n) is 2.68. The smallest absolute Gasteiger partial charge is 0.232 e. The number of aromatic nitrogens is 2. The van der Waals surface area contributed by atoms with Gasteiger partial charge in [0.25, 0.3) is 0 Å². The van der Waals surface area contributed by atoms with Crippen LogP contribution in [-0.4, -0.2) is 16.1 Å². The Morgan fingerprint density at radius 3 is 2.65 bits per heavy atom. The zero-order valence-corrected chi connectivity index (χ0v) is 10.9. The van der Waals surface area contributed by atoms with Crippen LogP contribution in [0.5, 0.6) is 5.88 Å². The van der Waals surface area contributed by atoms with E-state index in [0.717, 1.165) is 12.1 Å². The number of hydrogen-bond acceptors (Lipinski definition) is 4. The highest BCUT2D eigenvalue weighted by molar-refractivity contribution is 5.07. The van der Waals surface area contributed by atoms with E-state index in [1.807, 2.05) is 0 Å². The normalized spacial score (nSPS) is 12.4. The Balaban J connectivity index is 2.26. The van der Waals surface area contributed by atoms with E-state index in [-0.39, 0.29) is 6.10 Å². The van der Waals surface area contributed by atoms with Gasteiger partial charge in [0, 0.05) is 6.54 Å². The number of hydrogen-bond donors (Lipinski definition) is 1. The van der Waals surface area contributed by atoms with Gasteiger partial charge in [-0.15, -0.1) is 0 Å². The van der Waals surface area contributed by atoms with Gasteiger partial charge in [-0.2, -0.15) is 0 Å². The molecular formula is C13H23N3O. The molecule has 1 rings (SSSR count). The average Bonchev–Trinajstić information content (AvgIpc) is 2.36. The highest BCUT2D eigenvalue weighted by Gasteiger charge is 2.05. The Kier molecular flexibility index (Phi) is 6.55. The molecule has 96 valence electrons. The highest BCUT2D eigenvalue weighted by Crippen LogP contribution is 2.11. The minimum Gasteiger partial charge on any atom is -0.474 e. The van der Waals surface area contributed by atoms with Crippen molar-refractivity contribution in [1.82, 2.24) is 9.97 Å². The fourth-order valence-corrected chi connectivity index (χ4v) is 1.63. The molecular weight excluding hydrogens is 214 g/mol. The van der Waals surface area contributed by atoms with Gasteiger partial charge in [0.2, 0.25) is 5.88 Å². The number of nitrogens with zero attached hydrogens (tertiary/aromatic N) is 2. The monoisotopic (exact) mass is 237 g/mol. The van der Waals surface area contributed by atoms with Gasteiger partial charge in [-0.1, -0.05) is 26.2 Å². The number of rotatable bonds is 8. The van der Waals surface area contributed by atoms with Crippen molar-refractivity contribution in [3.63, 3.8) is 0 Å². The van der Waals surface area contributed by atoms with Gasteiger partial charge in [0.15, 0.2) is 0 Å². The van der Waals surface area contributed by atoms with Crippen LogP contribution in [0.4, 0.5) is 0 Å². The van der Waals surface area contributed by atoms with E-state index in [1.165, 1.54) is 25.7 Å². The molecule has 0 aliphatic rings. The van der Waals surface area contributed by atoms with E-state index in [9.17, 15) is 0 Å². The van der Waals surface area contributed by atoms with Gasteiger partial charge in [-0.25, -0.2) is 4.98 Å². The Bertz CT molecular complexity index is 300. The maximum Gasteiger partial charge on any atom is 0.232 e. The molecule has 0 aliphatic heterocycles. The van der Waals surface area contributed by atoms with Crippen LogP contribution in [0.1, 0.15) is 51.6 Å². The highest BCUT2D eigenvalue weighted by atomic mass is 16.5. The Labute approximate surface area is 104 Å². The molecule has 1 atom stereocenters. The molecule has 4 heteroatoms. The molecule has 0 aromatic carbocycles. The molecule has 2 N–H and O–H groups in total. The van der Waals surface area contributed by atoms with Crippen LogP contribution >= 0.6 is 0 Å². The van der Waals surface area contributed by atoms with Crippen LogP contribution in [0.2, 0.25) is 0 Å². The molecule has 4 nitrogen and oxygen atoms in total. The lowest BCUT2D eigenvalue weighted by molar-refractivity contribution is 0.197. The standard InChI is InChI=1S/C13H23N3O/c1-3-4-5-6-7-11(2)17-13-10-15-12(8-14)9-16-13/h9-11H,3-8,14H2,1-2H3. The van der Waals surface area contributed by atoms with Crippen molar-refractivity contribution in [2.75, 3.05) is 0 Å². The number of ether oxygens (including phenoxy) is 1. The second kappa shape index (κ2) is 8.01. The summed E-state index contributed by atoms with van der Waals surface area (Å²) in [6, 6.07) is 0. The third kappa shape index (κ3) is 5.63. The molecule has 1 aromatic heterocycles. The quantitative estimate of drug-likeness (QED) is 0.706. The number of nitrogens with two attached hydrogens (primary N) is 1. The zero-order valence-electron chi connectivity index (χ0n) is 10.9. The van der Waals surface area contributed by atoms with E-state index < -0.39 is 0 Å². The third-order valence-corrected chi connectivity index (χ3v) is 2.68. The Morgan fingerprint density at radius 2 is 2.06 bits per heavy atom. The van der Waals surface area contributed by atoms with E-state index in [0.29, 0.717) is 12.4 Å². The van der Waals surface area contributed by atoms with Gasteiger partial charge in [0.05, 0.1) is 24.2 Å². The van der Waals surface area contributed by atoms with Crippen molar-refractivity contribution in [2.45, 2.75) is 58.6 Å². The van der Waals surface area contributed by atoms with E-state index >= 15 is 0 Å². The summed E-state index contributed by atoms with van der Waals surface area (Å²) in [6.45, 7) is 4.71. The predicted octanol–water partition coefficient (Wildman–Crippen LogP) is 2.67. The summed E-state index contributed by atoms with van der Waals surface area (Å²) in [6.07, 6.45) is 9.64. The molecule has 0 bridgehead atoms. The van der Waals surface area contributed by atoms with Crippen molar-refractivity contribution in [2.24, 2.45) is 5.73 Å². The van der Waals surface area contributed by atoms with Crippen LogP contribution in [0.25, 0.3) is 0 Å². The summed E-state index contributed by atoms with van der Waals surface area (Å²) in [5.74, 6) is 0.588. The van der Waals surface area contributed by atoms with Gasteiger partial charge in [-0.05, 0) is 19.8 Å². The van der Waals surface area contributed by atoms with Crippen molar-refractivity contribution < 1.29 is 4.74 Å². The fourth-order valence-electron chi connectivity index (χ4n) is 1.63. The summed E-state index contributed by atoms with van der Waals surface area (Å²) >= 11 is 0. The van der Waals surface area contributed by atoms with Crippen molar-refractivity contribution in [3.8, 4) is 5.88 Å². The molecule has 1 heterocycles. The first-order chi connectivity index (χ1) is 8.26. The lowest BCUT2D eigenvalue weighted by atomic mass is 10.1. The molecule has 0 saturated heterocycles. The van der Waals surface area contributed by atoms with Crippen LogP contribution in [0.15, 0.2) is 12.4 Å². The molecule has 1 unspecified atom stereocenters. The largest absolute Gasteiger partial charge is 0.474 e. The average molecular weight is 237 g/mol. The molecule has 17 heavy (non-hydrogen) atoms.